The molecule has 0 aliphatic rings. The minimum Gasteiger partial charge on any atom is -0.478 e. The van der Waals surface area contributed by atoms with Crippen LogP contribution in [0.3, 0.4) is 0 Å². The fraction of sp³-hybridized carbons (Fsp3) is 0.0909. The molecule has 2 amide bonds. The molecule has 1 heterocycles. The van der Waals surface area contributed by atoms with Gasteiger partial charge in [-0.3, -0.25) is 5.32 Å². The van der Waals surface area contributed by atoms with Crippen molar-refractivity contribution >= 4 is 34.2 Å². The molecule has 7 nitrogen and oxygen atoms in total. The van der Waals surface area contributed by atoms with E-state index >= 15 is 0 Å². The molecular formula is C11H10N4O3S. The first kappa shape index (κ1) is 13.0. The predicted octanol–water partition coefficient (Wildman–Crippen LogP) is 2.19. The second-order valence-electron chi connectivity index (χ2n) is 3.59. The van der Waals surface area contributed by atoms with Gasteiger partial charge < -0.3 is 10.4 Å². The molecular weight excluding hydrogens is 268 g/mol. The van der Waals surface area contributed by atoms with E-state index in [-0.39, 0.29) is 5.56 Å². The van der Waals surface area contributed by atoms with Gasteiger partial charge in [0.05, 0.1) is 5.56 Å². The Morgan fingerprint density at radius 1 is 1.16 bits per heavy atom. The summed E-state index contributed by atoms with van der Waals surface area (Å²) in [5.41, 5.74) is 0.648. The number of nitrogens with one attached hydrogen (secondary N) is 2. The van der Waals surface area contributed by atoms with E-state index in [2.05, 4.69) is 20.8 Å². The Labute approximate surface area is 112 Å². The molecule has 0 aliphatic carbocycles. The summed E-state index contributed by atoms with van der Waals surface area (Å²) in [6.45, 7) is 1.78. The molecule has 0 bridgehead atoms. The highest BCUT2D eigenvalue weighted by atomic mass is 32.1. The van der Waals surface area contributed by atoms with Crippen molar-refractivity contribution in [1.29, 1.82) is 0 Å². The minimum atomic E-state index is -1.01. The van der Waals surface area contributed by atoms with Crippen molar-refractivity contribution in [3.8, 4) is 0 Å². The lowest BCUT2D eigenvalue weighted by Gasteiger charge is -2.05. The van der Waals surface area contributed by atoms with Gasteiger partial charge in [0.2, 0.25) is 5.13 Å². The summed E-state index contributed by atoms with van der Waals surface area (Å²) in [6.07, 6.45) is 0. The Morgan fingerprint density at radius 2 is 1.84 bits per heavy atom. The largest absolute Gasteiger partial charge is 0.478 e. The molecule has 19 heavy (non-hydrogen) atoms. The van der Waals surface area contributed by atoms with Crippen LogP contribution in [-0.2, 0) is 0 Å². The fourth-order valence-corrected chi connectivity index (χ4v) is 1.89. The van der Waals surface area contributed by atoms with E-state index in [0.29, 0.717) is 10.8 Å². The molecule has 0 aliphatic heterocycles. The van der Waals surface area contributed by atoms with Crippen LogP contribution in [0.4, 0.5) is 15.6 Å². The SMILES string of the molecule is Cc1nnc(NC(=O)Nc2ccc(C(=O)O)cc2)s1. The van der Waals surface area contributed by atoms with E-state index < -0.39 is 12.0 Å². The molecule has 0 spiro atoms. The van der Waals surface area contributed by atoms with Crippen LogP contribution in [0.15, 0.2) is 24.3 Å². The second-order valence-corrected chi connectivity index (χ2v) is 4.77. The number of aromatic carboxylic acids is 1. The third-order valence-electron chi connectivity index (χ3n) is 2.14. The number of benzene rings is 1. The molecule has 2 aromatic rings. The number of urea groups is 1. The number of hydrogen-bond acceptors (Lipinski definition) is 5. The maximum atomic E-state index is 11.6. The van der Waals surface area contributed by atoms with Gasteiger partial charge >= 0.3 is 12.0 Å². The summed E-state index contributed by atoms with van der Waals surface area (Å²) in [5, 5.41) is 22.5. The number of aryl methyl sites for hydroxylation is 1. The van der Waals surface area contributed by atoms with Crippen molar-refractivity contribution in [3.63, 3.8) is 0 Å². The van der Waals surface area contributed by atoms with Gasteiger partial charge in [-0.1, -0.05) is 11.3 Å². The van der Waals surface area contributed by atoms with E-state index in [4.69, 9.17) is 5.11 Å². The molecule has 3 N–H and O–H groups in total. The topological polar surface area (TPSA) is 104 Å². The van der Waals surface area contributed by atoms with Gasteiger partial charge in [0.25, 0.3) is 0 Å². The average molecular weight is 278 g/mol. The van der Waals surface area contributed by atoms with Crippen LogP contribution in [0.5, 0.6) is 0 Å². The van der Waals surface area contributed by atoms with Gasteiger partial charge in [-0.25, -0.2) is 9.59 Å². The number of amides is 2. The summed E-state index contributed by atoms with van der Waals surface area (Å²) >= 11 is 1.26. The van der Waals surface area contributed by atoms with Gasteiger partial charge in [0.1, 0.15) is 5.01 Å². The van der Waals surface area contributed by atoms with Gasteiger partial charge in [0, 0.05) is 5.69 Å². The Kier molecular flexibility index (Phi) is 3.71. The first-order valence-corrected chi connectivity index (χ1v) is 6.08. The average Bonchev–Trinajstić information content (AvgIpc) is 2.75. The molecule has 1 aromatic carbocycles. The highest BCUT2D eigenvalue weighted by Gasteiger charge is 2.07. The molecule has 0 saturated heterocycles. The van der Waals surface area contributed by atoms with Crippen LogP contribution < -0.4 is 10.6 Å². The number of hydrogen-bond donors (Lipinski definition) is 3. The number of aromatic nitrogens is 2. The van der Waals surface area contributed by atoms with Crippen LogP contribution in [0.25, 0.3) is 0 Å². The number of carboxylic acids is 1. The van der Waals surface area contributed by atoms with E-state index in [1.165, 1.54) is 35.6 Å². The van der Waals surface area contributed by atoms with Crippen molar-refractivity contribution in [2.24, 2.45) is 0 Å². The number of carbonyl (C=O) groups is 2. The highest BCUT2D eigenvalue weighted by molar-refractivity contribution is 7.15. The lowest BCUT2D eigenvalue weighted by Crippen LogP contribution is -2.19. The summed E-state index contributed by atoms with van der Waals surface area (Å²) in [5.74, 6) is -1.01. The monoisotopic (exact) mass is 278 g/mol. The van der Waals surface area contributed by atoms with Crippen LogP contribution in [0.2, 0.25) is 0 Å². The third kappa shape index (κ3) is 3.49. The number of carboxylic acid groups (broad SMARTS) is 1. The van der Waals surface area contributed by atoms with Crippen LogP contribution in [0.1, 0.15) is 15.4 Å². The van der Waals surface area contributed by atoms with Crippen molar-refractivity contribution in [3.05, 3.63) is 34.8 Å². The van der Waals surface area contributed by atoms with Crippen molar-refractivity contribution < 1.29 is 14.7 Å². The third-order valence-corrected chi connectivity index (χ3v) is 2.89. The van der Waals surface area contributed by atoms with Crippen molar-refractivity contribution in [2.45, 2.75) is 6.92 Å². The zero-order valence-electron chi connectivity index (χ0n) is 9.88. The maximum Gasteiger partial charge on any atom is 0.335 e. The molecule has 0 fully saturated rings. The Balaban J connectivity index is 1.97. The fourth-order valence-electron chi connectivity index (χ4n) is 1.30. The summed E-state index contributed by atoms with van der Waals surface area (Å²) < 4.78 is 0. The Hall–Kier alpha value is -2.48. The summed E-state index contributed by atoms with van der Waals surface area (Å²) in [6, 6.07) is 5.38. The standard InChI is InChI=1S/C11H10N4O3S/c1-6-14-15-11(19-6)13-10(18)12-8-4-2-7(3-5-8)9(16)17/h2-5H,1H3,(H,16,17)(H2,12,13,15,18). The number of anilines is 2. The highest BCUT2D eigenvalue weighted by Crippen LogP contribution is 2.14. The Bertz CT molecular complexity index is 609. The van der Waals surface area contributed by atoms with Gasteiger partial charge in [-0.05, 0) is 31.2 Å². The van der Waals surface area contributed by atoms with E-state index in [0.717, 1.165) is 5.01 Å². The van der Waals surface area contributed by atoms with Crippen molar-refractivity contribution in [2.75, 3.05) is 10.6 Å². The van der Waals surface area contributed by atoms with Crippen LogP contribution in [0, 0.1) is 6.92 Å². The molecule has 1 aromatic heterocycles. The first-order valence-electron chi connectivity index (χ1n) is 5.26. The lowest BCUT2D eigenvalue weighted by molar-refractivity contribution is 0.0697. The smallest absolute Gasteiger partial charge is 0.335 e. The zero-order chi connectivity index (χ0) is 13.8. The second kappa shape index (κ2) is 5.44. The molecule has 98 valence electrons. The minimum absolute atomic E-state index is 0.158. The quantitative estimate of drug-likeness (QED) is 0.798. The molecule has 2 rings (SSSR count). The van der Waals surface area contributed by atoms with Gasteiger partial charge in [-0.2, -0.15) is 0 Å². The number of rotatable bonds is 3. The van der Waals surface area contributed by atoms with E-state index in [9.17, 15) is 9.59 Å². The normalized spacial score (nSPS) is 9.95. The zero-order valence-corrected chi connectivity index (χ0v) is 10.7. The number of nitrogens with zero attached hydrogens (tertiary/aromatic N) is 2. The maximum absolute atomic E-state index is 11.6. The van der Waals surface area contributed by atoms with Gasteiger partial charge in [-0.15, -0.1) is 10.2 Å². The van der Waals surface area contributed by atoms with E-state index in [1.54, 1.807) is 6.92 Å². The van der Waals surface area contributed by atoms with E-state index in [1.807, 2.05) is 0 Å². The lowest BCUT2D eigenvalue weighted by atomic mass is 10.2. The van der Waals surface area contributed by atoms with Crippen molar-refractivity contribution in [1.82, 2.24) is 10.2 Å². The van der Waals surface area contributed by atoms with Crippen LogP contribution in [-0.4, -0.2) is 27.3 Å². The van der Waals surface area contributed by atoms with Crippen LogP contribution >= 0.6 is 11.3 Å². The Morgan fingerprint density at radius 3 is 2.37 bits per heavy atom. The number of carbonyl (C=O) groups excluding carboxylic acids is 1. The predicted molar refractivity (Wildman–Crippen MR) is 70.7 cm³/mol. The molecule has 8 heteroatoms. The van der Waals surface area contributed by atoms with Gasteiger partial charge in [0.15, 0.2) is 0 Å². The molecule has 0 atom stereocenters. The molecule has 0 unspecified atom stereocenters. The summed E-state index contributed by atoms with van der Waals surface area (Å²) in [4.78, 5) is 22.3. The molecule has 0 saturated carbocycles. The molecule has 0 radical (unpaired) electrons. The first-order chi connectivity index (χ1) is 9.04. The summed E-state index contributed by atoms with van der Waals surface area (Å²) in [7, 11) is 0.